The molecule has 0 aliphatic heterocycles. The predicted molar refractivity (Wildman–Crippen MR) is 82.5 cm³/mol. The fraction of sp³-hybridized carbons (Fsp3) is 0.647. The zero-order valence-electron chi connectivity index (χ0n) is 12.7. The number of aryl methyl sites for hydroxylation is 1. The van der Waals surface area contributed by atoms with Gasteiger partial charge in [-0.3, -0.25) is 0 Å². The third-order valence-corrected chi connectivity index (χ3v) is 3.17. The van der Waals surface area contributed by atoms with Gasteiger partial charge in [-0.2, -0.15) is 0 Å². The monoisotopic (exact) mass is 263 g/mol. The molecule has 1 rings (SSSR count). The molecule has 0 aromatic heterocycles. The smallest absolute Gasteiger partial charge is 0.0623 e. The topological polar surface area (TPSA) is 21.3 Å². The fourth-order valence-corrected chi connectivity index (χ4v) is 2.10. The van der Waals surface area contributed by atoms with E-state index in [9.17, 15) is 0 Å². The summed E-state index contributed by atoms with van der Waals surface area (Å²) >= 11 is 0. The molecular formula is C17H29NO. The van der Waals surface area contributed by atoms with Crippen LogP contribution in [0.1, 0.15) is 45.6 Å². The molecule has 1 atom stereocenters. The van der Waals surface area contributed by atoms with Crippen LogP contribution in [-0.4, -0.2) is 25.3 Å². The summed E-state index contributed by atoms with van der Waals surface area (Å²) in [6.07, 6.45) is 5.05. The van der Waals surface area contributed by atoms with Gasteiger partial charge in [0.1, 0.15) is 0 Å². The van der Waals surface area contributed by atoms with Crippen molar-refractivity contribution in [3.63, 3.8) is 0 Å². The van der Waals surface area contributed by atoms with E-state index in [4.69, 9.17) is 4.74 Å². The van der Waals surface area contributed by atoms with E-state index in [-0.39, 0.29) is 0 Å². The zero-order valence-corrected chi connectivity index (χ0v) is 12.7. The predicted octanol–water partition coefficient (Wildman–Crippen LogP) is 3.80. The molecule has 1 aromatic carbocycles. The van der Waals surface area contributed by atoms with Gasteiger partial charge in [-0.15, -0.1) is 0 Å². The lowest BCUT2D eigenvalue weighted by Gasteiger charge is -2.20. The molecule has 19 heavy (non-hydrogen) atoms. The Hall–Kier alpha value is -0.860. The van der Waals surface area contributed by atoms with Crippen LogP contribution in [-0.2, 0) is 11.2 Å². The van der Waals surface area contributed by atoms with E-state index in [0.717, 1.165) is 19.6 Å². The van der Waals surface area contributed by atoms with E-state index in [2.05, 4.69) is 56.4 Å². The van der Waals surface area contributed by atoms with Crippen LogP contribution in [0.4, 0.5) is 0 Å². The third-order valence-electron chi connectivity index (χ3n) is 3.17. The average molecular weight is 263 g/mol. The molecule has 1 aromatic rings. The van der Waals surface area contributed by atoms with Crippen molar-refractivity contribution >= 4 is 0 Å². The first-order valence-corrected chi connectivity index (χ1v) is 7.61. The molecule has 0 aliphatic carbocycles. The Balaban J connectivity index is 2.26. The Morgan fingerprint density at radius 1 is 1.16 bits per heavy atom. The van der Waals surface area contributed by atoms with Gasteiger partial charge in [0.2, 0.25) is 0 Å². The number of nitrogens with one attached hydrogen (secondary N) is 1. The van der Waals surface area contributed by atoms with E-state index in [1.165, 1.54) is 24.8 Å². The van der Waals surface area contributed by atoms with Gasteiger partial charge < -0.3 is 10.1 Å². The van der Waals surface area contributed by atoms with Crippen molar-refractivity contribution in [2.24, 2.45) is 0 Å². The first-order valence-electron chi connectivity index (χ1n) is 7.61. The highest BCUT2D eigenvalue weighted by atomic mass is 16.5. The van der Waals surface area contributed by atoms with Crippen LogP contribution in [0.2, 0.25) is 0 Å². The van der Waals surface area contributed by atoms with Crippen molar-refractivity contribution in [2.75, 3.05) is 13.2 Å². The summed E-state index contributed by atoms with van der Waals surface area (Å²) < 4.78 is 5.74. The van der Waals surface area contributed by atoms with Crippen LogP contribution < -0.4 is 5.32 Å². The summed E-state index contributed by atoms with van der Waals surface area (Å²) in [5.74, 6) is 0. The van der Waals surface area contributed by atoms with Gasteiger partial charge in [0.15, 0.2) is 0 Å². The highest BCUT2D eigenvalue weighted by Crippen LogP contribution is 2.07. The summed E-state index contributed by atoms with van der Waals surface area (Å²) in [5, 5.41) is 3.59. The second-order valence-corrected chi connectivity index (χ2v) is 5.41. The van der Waals surface area contributed by atoms with Gasteiger partial charge in [-0.1, -0.05) is 37.3 Å². The molecule has 0 bridgehead atoms. The molecule has 0 spiro atoms. The maximum absolute atomic E-state index is 5.74. The van der Waals surface area contributed by atoms with Crippen molar-refractivity contribution < 1.29 is 4.74 Å². The lowest BCUT2D eigenvalue weighted by Crippen LogP contribution is -2.35. The van der Waals surface area contributed by atoms with Crippen molar-refractivity contribution in [3.05, 3.63) is 35.9 Å². The number of benzene rings is 1. The fourth-order valence-electron chi connectivity index (χ4n) is 2.10. The van der Waals surface area contributed by atoms with Crippen molar-refractivity contribution in [1.29, 1.82) is 0 Å². The Morgan fingerprint density at radius 3 is 2.53 bits per heavy atom. The van der Waals surface area contributed by atoms with Crippen LogP contribution in [0.3, 0.4) is 0 Å². The van der Waals surface area contributed by atoms with E-state index >= 15 is 0 Å². The highest BCUT2D eigenvalue weighted by Gasteiger charge is 2.08. The van der Waals surface area contributed by atoms with Gasteiger partial charge in [0, 0.05) is 6.04 Å². The van der Waals surface area contributed by atoms with Gasteiger partial charge >= 0.3 is 0 Å². The van der Waals surface area contributed by atoms with Crippen LogP contribution in [0.25, 0.3) is 0 Å². The van der Waals surface area contributed by atoms with Crippen LogP contribution in [0.15, 0.2) is 30.3 Å². The van der Waals surface area contributed by atoms with E-state index < -0.39 is 0 Å². The molecular weight excluding hydrogens is 234 g/mol. The van der Waals surface area contributed by atoms with Gasteiger partial charge in [0.25, 0.3) is 0 Å². The number of rotatable bonds is 10. The minimum absolute atomic E-state index is 0.319. The van der Waals surface area contributed by atoms with Crippen molar-refractivity contribution in [1.82, 2.24) is 5.32 Å². The molecule has 2 nitrogen and oxygen atoms in total. The number of ether oxygens (including phenoxy) is 1. The second kappa shape index (κ2) is 9.99. The summed E-state index contributed by atoms with van der Waals surface area (Å²) in [5.41, 5.74) is 1.43. The zero-order chi connectivity index (χ0) is 13.9. The maximum atomic E-state index is 5.74. The summed E-state index contributed by atoms with van der Waals surface area (Å²) in [4.78, 5) is 0. The SMILES string of the molecule is CCCNC(CCCc1ccccc1)COC(C)C. The quantitative estimate of drug-likeness (QED) is 0.693. The lowest BCUT2D eigenvalue weighted by molar-refractivity contribution is 0.0592. The first-order chi connectivity index (χ1) is 9.22. The van der Waals surface area contributed by atoms with Crippen molar-refractivity contribution in [2.45, 2.75) is 58.6 Å². The Kier molecular flexibility index (Phi) is 8.52. The third kappa shape index (κ3) is 8.02. The molecule has 0 heterocycles. The van der Waals surface area contributed by atoms with Crippen LogP contribution in [0, 0.1) is 0 Å². The first kappa shape index (κ1) is 16.2. The highest BCUT2D eigenvalue weighted by molar-refractivity contribution is 5.14. The summed E-state index contributed by atoms with van der Waals surface area (Å²) in [6, 6.07) is 11.2. The Morgan fingerprint density at radius 2 is 1.89 bits per heavy atom. The second-order valence-electron chi connectivity index (χ2n) is 5.41. The normalized spacial score (nSPS) is 12.8. The lowest BCUT2D eigenvalue weighted by atomic mass is 10.0. The van der Waals surface area contributed by atoms with Gasteiger partial charge in [-0.05, 0) is 51.6 Å². The van der Waals surface area contributed by atoms with E-state index in [1.54, 1.807) is 0 Å². The average Bonchev–Trinajstić information content (AvgIpc) is 2.42. The molecule has 108 valence electrons. The molecule has 0 amide bonds. The standard InChI is InChI=1S/C17H29NO/c1-4-13-18-17(14-19-15(2)3)12-8-11-16-9-6-5-7-10-16/h5-7,9-10,15,17-18H,4,8,11-14H2,1-3H3. The van der Waals surface area contributed by atoms with Crippen LogP contribution in [0.5, 0.6) is 0 Å². The van der Waals surface area contributed by atoms with Gasteiger partial charge in [0.05, 0.1) is 12.7 Å². The summed E-state index contributed by atoms with van der Waals surface area (Å²) in [6.45, 7) is 8.31. The molecule has 0 radical (unpaired) electrons. The maximum Gasteiger partial charge on any atom is 0.0623 e. The van der Waals surface area contributed by atoms with Gasteiger partial charge in [-0.25, -0.2) is 0 Å². The largest absolute Gasteiger partial charge is 0.377 e. The van der Waals surface area contributed by atoms with E-state index in [1.807, 2.05) is 0 Å². The Labute approximate surface area is 118 Å². The summed E-state index contributed by atoms with van der Waals surface area (Å²) in [7, 11) is 0. The molecule has 0 aliphatic rings. The molecule has 2 heteroatoms. The minimum atomic E-state index is 0.319. The number of hydrogen-bond donors (Lipinski definition) is 1. The van der Waals surface area contributed by atoms with Crippen molar-refractivity contribution in [3.8, 4) is 0 Å². The Bertz CT molecular complexity index is 310. The van der Waals surface area contributed by atoms with E-state index in [0.29, 0.717) is 12.1 Å². The molecule has 1 N–H and O–H groups in total. The molecule has 1 unspecified atom stereocenters. The minimum Gasteiger partial charge on any atom is -0.377 e. The molecule has 0 saturated heterocycles. The number of hydrogen-bond acceptors (Lipinski definition) is 2. The molecule has 0 saturated carbocycles. The van der Waals surface area contributed by atoms with Crippen LogP contribution >= 0.6 is 0 Å². The molecule has 0 fully saturated rings.